The number of nitrogens with zero attached hydrogens (tertiary/aromatic N) is 4. The molecule has 1 heterocycles. The Hall–Kier alpha value is -2.85. The lowest BCUT2D eigenvalue weighted by Crippen LogP contribution is -2.06. The van der Waals surface area contributed by atoms with E-state index in [0.717, 1.165) is 21.8 Å². The van der Waals surface area contributed by atoms with Gasteiger partial charge >= 0.3 is 0 Å². The molecule has 0 fully saturated rings. The van der Waals surface area contributed by atoms with Crippen LogP contribution < -0.4 is 0 Å². The summed E-state index contributed by atoms with van der Waals surface area (Å²) in [5.41, 5.74) is 2.86. The van der Waals surface area contributed by atoms with Crippen molar-refractivity contribution in [3.8, 4) is 6.07 Å². The third kappa shape index (κ3) is 3.24. The lowest BCUT2D eigenvalue weighted by molar-refractivity contribution is -0.384. The van der Waals surface area contributed by atoms with Crippen molar-refractivity contribution in [3.63, 3.8) is 0 Å². The number of imidazole rings is 1. The van der Waals surface area contributed by atoms with E-state index < -0.39 is 4.92 Å². The van der Waals surface area contributed by atoms with Crippen LogP contribution in [0.3, 0.4) is 0 Å². The number of benzene rings is 2. The molecule has 0 aliphatic rings. The van der Waals surface area contributed by atoms with Crippen LogP contribution in [0, 0.1) is 21.4 Å². The standard InChI is InChI=1S/C17H14N4O2S/c1-20-16-5-3-2-4-15(16)19-17(20)24-14(11-18)10-12-6-8-13(9-7-12)21(22)23/h2-9,14H,10H2,1H3. The third-order valence-corrected chi connectivity index (χ3v) is 4.84. The van der Waals surface area contributed by atoms with Gasteiger partial charge in [0.2, 0.25) is 0 Å². The van der Waals surface area contributed by atoms with Crippen LogP contribution in [0.4, 0.5) is 5.69 Å². The Kier molecular flexibility index (Phi) is 4.49. The summed E-state index contributed by atoms with van der Waals surface area (Å²) in [6.45, 7) is 0. The number of non-ortho nitro benzene ring substituents is 1. The van der Waals surface area contributed by atoms with Crippen molar-refractivity contribution >= 4 is 28.5 Å². The number of hydrogen-bond donors (Lipinski definition) is 0. The maximum Gasteiger partial charge on any atom is 0.269 e. The number of thioether (sulfide) groups is 1. The summed E-state index contributed by atoms with van der Waals surface area (Å²) < 4.78 is 1.97. The highest BCUT2D eigenvalue weighted by Gasteiger charge is 2.16. The highest BCUT2D eigenvalue weighted by atomic mass is 32.2. The average Bonchev–Trinajstić information content (AvgIpc) is 2.91. The third-order valence-electron chi connectivity index (χ3n) is 3.71. The van der Waals surface area contributed by atoms with E-state index in [0.29, 0.717) is 6.42 Å². The number of hydrogen-bond acceptors (Lipinski definition) is 5. The summed E-state index contributed by atoms with van der Waals surface area (Å²) in [6.07, 6.45) is 0.502. The largest absolute Gasteiger partial charge is 0.322 e. The fourth-order valence-corrected chi connectivity index (χ4v) is 3.43. The Morgan fingerprint density at radius 1 is 1.29 bits per heavy atom. The summed E-state index contributed by atoms with van der Waals surface area (Å²) in [5, 5.41) is 20.6. The minimum Gasteiger partial charge on any atom is -0.322 e. The average molecular weight is 338 g/mol. The number of fused-ring (bicyclic) bond motifs is 1. The van der Waals surface area contributed by atoms with Gasteiger partial charge in [0.1, 0.15) is 5.25 Å². The van der Waals surface area contributed by atoms with Gasteiger partial charge in [-0.05, 0) is 24.1 Å². The zero-order valence-electron chi connectivity index (χ0n) is 12.9. The topological polar surface area (TPSA) is 84.8 Å². The van der Waals surface area contributed by atoms with Crippen molar-refractivity contribution in [2.45, 2.75) is 16.8 Å². The molecule has 6 nitrogen and oxygen atoms in total. The Labute approximate surface area is 142 Å². The normalized spacial score (nSPS) is 12.0. The van der Waals surface area contributed by atoms with Gasteiger partial charge in [-0.2, -0.15) is 5.26 Å². The number of nitro groups is 1. The number of aryl methyl sites for hydroxylation is 1. The Morgan fingerprint density at radius 2 is 2.00 bits per heavy atom. The molecule has 120 valence electrons. The first kappa shape index (κ1) is 16.0. The molecule has 0 radical (unpaired) electrons. The number of rotatable bonds is 5. The molecule has 0 saturated carbocycles. The van der Waals surface area contributed by atoms with Gasteiger partial charge in [0, 0.05) is 19.2 Å². The smallest absolute Gasteiger partial charge is 0.269 e. The van der Waals surface area contributed by atoms with Crippen LogP contribution in [0.5, 0.6) is 0 Å². The van der Waals surface area contributed by atoms with Crippen molar-refractivity contribution in [2.24, 2.45) is 7.05 Å². The summed E-state index contributed by atoms with van der Waals surface area (Å²) in [4.78, 5) is 14.8. The molecule has 24 heavy (non-hydrogen) atoms. The second-order valence-electron chi connectivity index (χ2n) is 5.31. The Balaban J connectivity index is 1.78. The van der Waals surface area contributed by atoms with E-state index in [1.54, 1.807) is 12.1 Å². The number of nitriles is 1. The fourth-order valence-electron chi connectivity index (χ4n) is 2.44. The molecular weight excluding hydrogens is 324 g/mol. The molecule has 0 spiro atoms. The predicted octanol–water partition coefficient (Wildman–Crippen LogP) is 3.71. The van der Waals surface area contributed by atoms with Crippen LogP contribution in [0.25, 0.3) is 11.0 Å². The Bertz CT molecular complexity index is 928. The van der Waals surface area contributed by atoms with Crippen molar-refractivity contribution < 1.29 is 4.92 Å². The molecule has 3 aromatic rings. The van der Waals surface area contributed by atoms with Gasteiger partial charge in [-0.25, -0.2) is 4.98 Å². The molecule has 2 aromatic carbocycles. The van der Waals surface area contributed by atoms with Crippen LogP contribution in [-0.2, 0) is 13.5 Å². The summed E-state index contributed by atoms with van der Waals surface area (Å²) >= 11 is 1.40. The monoisotopic (exact) mass is 338 g/mol. The highest BCUT2D eigenvalue weighted by molar-refractivity contribution is 8.00. The van der Waals surface area contributed by atoms with Crippen molar-refractivity contribution in [1.82, 2.24) is 9.55 Å². The number of para-hydroxylation sites is 2. The minimum atomic E-state index is -0.431. The zero-order valence-corrected chi connectivity index (χ0v) is 13.7. The van der Waals surface area contributed by atoms with Gasteiger partial charge in [-0.1, -0.05) is 36.0 Å². The van der Waals surface area contributed by atoms with E-state index in [4.69, 9.17) is 0 Å². The van der Waals surface area contributed by atoms with Crippen molar-refractivity contribution in [2.75, 3.05) is 0 Å². The predicted molar refractivity (Wildman–Crippen MR) is 92.8 cm³/mol. The van der Waals surface area contributed by atoms with Crippen LogP contribution in [-0.4, -0.2) is 19.7 Å². The van der Waals surface area contributed by atoms with Crippen LogP contribution in [0.1, 0.15) is 5.56 Å². The van der Waals surface area contributed by atoms with Gasteiger partial charge in [0.15, 0.2) is 5.16 Å². The van der Waals surface area contributed by atoms with E-state index in [-0.39, 0.29) is 10.9 Å². The molecule has 0 saturated heterocycles. The van der Waals surface area contributed by atoms with Crippen LogP contribution >= 0.6 is 11.8 Å². The molecular formula is C17H14N4O2S. The maximum atomic E-state index is 10.7. The lowest BCUT2D eigenvalue weighted by atomic mass is 10.1. The molecule has 0 amide bonds. The van der Waals surface area contributed by atoms with E-state index >= 15 is 0 Å². The first-order valence-corrected chi connectivity index (χ1v) is 8.17. The molecule has 0 aliphatic carbocycles. The fraction of sp³-hybridized carbons (Fsp3) is 0.176. The molecule has 1 unspecified atom stereocenters. The molecule has 7 heteroatoms. The van der Waals surface area contributed by atoms with E-state index in [9.17, 15) is 15.4 Å². The summed E-state index contributed by atoms with van der Waals surface area (Å²) in [6, 6.07) is 16.4. The van der Waals surface area contributed by atoms with Gasteiger partial charge in [0.05, 0.1) is 22.0 Å². The Morgan fingerprint density at radius 3 is 2.62 bits per heavy atom. The second kappa shape index (κ2) is 6.72. The van der Waals surface area contributed by atoms with E-state index in [1.807, 2.05) is 35.9 Å². The SMILES string of the molecule is Cn1c(SC(C#N)Cc2ccc([N+](=O)[O-])cc2)nc2ccccc21. The molecule has 3 rings (SSSR count). The number of nitro benzene ring substituents is 1. The molecule has 0 aliphatic heterocycles. The molecule has 0 bridgehead atoms. The van der Waals surface area contributed by atoms with Crippen LogP contribution in [0.15, 0.2) is 53.7 Å². The molecule has 1 aromatic heterocycles. The van der Waals surface area contributed by atoms with Crippen molar-refractivity contribution in [3.05, 3.63) is 64.2 Å². The first-order chi connectivity index (χ1) is 11.6. The maximum absolute atomic E-state index is 10.7. The molecule has 0 N–H and O–H groups in total. The highest BCUT2D eigenvalue weighted by Crippen LogP contribution is 2.28. The van der Waals surface area contributed by atoms with Crippen molar-refractivity contribution in [1.29, 1.82) is 5.26 Å². The molecule has 1 atom stereocenters. The zero-order chi connectivity index (χ0) is 17.1. The first-order valence-electron chi connectivity index (χ1n) is 7.29. The van der Waals surface area contributed by atoms with E-state index in [2.05, 4.69) is 11.1 Å². The summed E-state index contributed by atoms with van der Waals surface area (Å²) in [7, 11) is 1.93. The second-order valence-corrected chi connectivity index (χ2v) is 6.48. The quantitative estimate of drug-likeness (QED) is 0.402. The van der Waals surface area contributed by atoms with Crippen LogP contribution in [0.2, 0.25) is 0 Å². The van der Waals surface area contributed by atoms with Gasteiger partial charge < -0.3 is 4.57 Å². The van der Waals surface area contributed by atoms with Gasteiger partial charge in [-0.15, -0.1) is 0 Å². The summed E-state index contributed by atoms with van der Waals surface area (Å²) in [5.74, 6) is 0. The minimum absolute atomic E-state index is 0.0512. The number of aromatic nitrogens is 2. The van der Waals surface area contributed by atoms with Gasteiger partial charge in [0.25, 0.3) is 5.69 Å². The lowest BCUT2D eigenvalue weighted by Gasteiger charge is -2.08. The van der Waals surface area contributed by atoms with Gasteiger partial charge in [-0.3, -0.25) is 10.1 Å². The van der Waals surface area contributed by atoms with E-state index in [1.165, 1.54) is 23.9 Å².